The zero-order chi connectivity index (χ0) is 11.3. The predicted octanol–water partition coefficient (Wildman–Crippen LogP) is 1.80. The van der Waals surface area contributed by atoms with Crippen LogP contribution in [0.25, 0.3) is 0 Å². The zero-order valence-electron chi connectivity index (χ0n) is 9.90. The Hall–Kier alpha value is -1.000. The van der Waals surface area contributed by atoms with E-state index in [4.69, 9.17) is 15.2 Å². The molecule has 0 fully saturated rings. The molecule has 5 heteroatoms. The van der Waals surface area contributed by atoms with Crippen LogP contribution in [0, 0.1) is 0 Å². The lowest BCUT2D eigenvalue weighted by Crippen LogP contribution is -2.21. The van der Waals surface area contributed by atoms with Gasteiger partial charge in [0.1, 0.15) is 0 Å². The number of halogens is 1. The number of hydrogen-bond acceptors (Lipinski definition) is 4. The SMILES string of the molecule is CCC(N)Cc1ccc(OC)nc1OC.Cl. The summed E-state index contributed by atoms with van der Waals surface area (Å²) in [5.74, 6) is 1.15. The van der Waals surface area contributed by atoms with Gasteiger partial charge < -0.3 is 15.2 Å². The van der Waals surface area contributed by atoms with Crippen LogP contribution in [0.1, 0.15) is 18.9 Å². The molecule has 4 nitrogen and oxygen atoms in total. The van der Waals surface area contributed by atoms with Crippen molar-refractivity contribution in [2.45, 2.75) is 25.8 Å². The number of methoxy groups -OCH3 is 2. The molecule has 0 radical (unpaired) electrons. The van der Waals surface area contributed by atoms with Crippen LogP contribution in [0.15, 0.2) is 12.1 Å². The Kier molecular flexibility index (Phi) is 6.85. The average molecular weight is 247 g/mol. The van der Waals surface area contributed by atoms with E-state index in [1.165, 1.54) is 0 Å². The number of pyridine rings is 1. The lowest BCUT2D eigenvalue weighted by molar-refractivity contribution is 0.360. The summed E-state index contributed by atoms with van der Waals surface area (Å²) in [7, 11) is 3.18. The van der Waals surface area contributed by atoms with Crippen LogP contribution in [0.4, 0.5) is 0 Å². The summed E-state index contributed by atoms with van der Waals surface area (Å²) < 4.78 is 10.2. The molecule has 2 N–H and O–H groups in total. The van der Waals surface area contributed by atoms with Gasteiger partial charge >= 0.3 is 0 Å². The van der Waals surface area contributed by atoms with E-state index < -0.39 is 0 Å². The van der Waals surface area contributed by atoms with E-state index in [0.29, 0.717) is 11.8 Å². The minimum Gasteiger partial charge on any atom is -0.481 e. The Morgan fingerprint density at radius 1 is 1.31 bits per heavy atom. The van der Waals surface area contributed by atoms with Crippen molar-refractivity contribution in [1.82, 2.24) is 4.98 Å². The maximum Gasteiger partial charge on any atom is 0.219 e. The standard InChI is InChI=1S/C11H18N2O2.ClH/c1-4-9(12)7-8-5-6-10(14-2)13-11(8)15-3;/h5-6,9H,4,7,12H2,1-3H3;1H. The first-order chi connectivity index (χ1) is 7.21. The Morgan fingerprint density at radius 3 is 2.50 bits per heavy atom. The van der Waals surface area contributed by atoms with Crippen LogP contribution in [-0.2, 0) is 6.42 Å². The molecule has 0 aliphatic rings. The summed E-state index contributed by atoms with van der Waals surface area (Å²) in [6, 6.07) is 3.91. The molecule has 1 heterocycles. The fraction of sp³-hybridized carbons (Fsp3) is 0.545. The molecule has 0 amide bonds. The fourth-order valence-corrected chi connectivity index (χ4v) is 1.32. The molecule has 1 atom stereocenters. The Morgan fingerprint density at radius 2 is 2.00 bits per heavy atom. The second-order valence-electron chi connectivity index (χ2n) is 3.39. The van der Waals surface area contributed by atoms with E-state index in [2.05, 4.69) is 11.9 Å². The van der Waals surface area contributed by atoms with Gasteiger partial charge in [-0.2, -0.15) is 4.98 Å². The lowest BCUT2D eigenvalue weighted by atomic mass is 10.1. The van der Waals surface area contributed by atoms with Crippen molar-refractivity contribution < 1.29 is 9.47 Å². The average Bonchev–Trinajstić information content (AvgIpc) is 2.29. The minimum absolute atomic E-state index is 0. The van der Waals surface area contributed by atoms with Crippen LogP contribution in [-0.4, -0.2) is 25.2 Å². The van der Waals surface area contributed by atoms with Gasteiger partial charge in [-0.25, -0.2) is 0 Å². The number of rotatable bonds is 5. The Bertz CT molecular complexity index is 321. The maximum absolute atomic E-state index is 5.88. The lowest BCUT2D eigenvalue weighted by Gasteiger charge is -2.12. The van der Waals surface area contributed by atoms with Gasteiger partial charge in [0.15, 0.2) is 0 Å². The second-order valence-corrected chi connectivity index (χ2v) is 3.39. The summed E-state index contributed by atoms with van der Waals surface area (Å²) in [5.41, 5.74) is 6.91. The first-order valence-electron chi connectivity index (χ1n) is 5.04. The van der Waals surface area contributed by atoms with Crippen molar-refractivity contribution in [3.63, 3.8) is 0 Å². The minimum atomic E-state index is 0. The van der Waals surface area contributed by atoms with Gasteiger partial charge in [0.05, 0.1) is 14.2 Å². The highest BCUT2D eigenvalue weighted by atomic mass is 35.5. The molecule has 16 heavy (non-hydrogen) atoms. The van der Waals surface area contributed by atoms with Crippen molar-refractivity contribution in [1.29, 1.82) is 0 Å². The van der Waals surface area contributed by atoms with E-state index in [9.17, 15) is 0 Å². The molecule has 0 spiro atoms. The molecule has 1 rings (SSSR count). The van der Waals surface area contributed by atoms with E-state index in [-0.39, 0.29) is 18.4 Å². The van der Waals surface area contributed by atoms with Crippen LogP contribution >= 0.6 is 12.4 Å². The summed E-state index contributed by atoms with van der Waals surface area (Å²) in [5, 5.41) is 0. The molecule has 1 aromatic heterocycles. The number of nitrogens with two attached hydrogens (primary N) is 1. The smallest absolute Gasteiger partial charge is 0.219 e. The third kappa shape index (κ3) is 3.87. The number of nitrogens with zero attached hydrogens (tertiary/aromatic N) is 1. The highest BCUT2D eigenvalue weighted by Gasteiger charge is 2.09. The van der Waals surface area contributed by atoms with Crippen molar-refractivity contribution >= 4 is 12.4 Å². The first kappa shape index (κ1) is 15.0. The van der Waals surface area contributed by atoms with Crippen molar-refractivity contribution in [3.8, 4) is 11.8 Å². The number of ether oxygens (including phenoxy) is 2. The molecule has 0 aliphatic heterocycles. The Labute approximate surface area is 103 Å². The van der Waals surface area contributed by atoms with E-state index in [1.807, 2.05) is 12.1 Å². The molecule has 92 valence electrons. The van der Waals surface area contributed by atoms with E-state index in [1.54, 1.807) is 14.2 Å². The molecular formula is C11H19ClN2O2. The maximum atomic E-state index is 5.88. The fourth-order valence-electron chi connectivity index (χ4n) is 1.32. The van der Waals surface area contributed by atoms with Gasteiger partial charge in [-0.1, -0.05) is 6.92 Å². The number of aromatic nitrogens is 1. The summed E-state index contributed by atoms with van der Waals surface area (Å²) in [4.78, 5) is 4.20. The quantitative estimate of drug-likeness (QED) is 0.861. The van der Waals surface area contributed by atoms with Crippen LogP contribution < -0.4 is 15.2 Å². The molecule has 0 saturated heterocycles. The van der Waals surface area contributed by atoms with Crippen LogP contribution in [0.2, 0.25) is 0 Å². The van der Waals surface area contributed by atoms with Crippen molar-refractivity contribution in [3.05, 3.63) is 17.7 Å². The third-order valence-electron chi connectivity index (χ3n) is 2.32. The zero-order valence-corrected chi connectivity index (χ0v) is 10.7. The van der Waals surface area contributed by atoms with Gasteiger partial charge in [-0.15, -0.1) is 12.4 Å². The molecule has 0 aromatic carbocycles. The summed E-state index contributed by atoms with van der Waals surface area (Å²) >= 11 is 0. The summed E-state index contributed by atoms with van der Waals surface area (Å²) in [6.45, 7) is 2.06. The topological polar surface area (TPSA) is 57.4 Å². The molecule has 0 bridgehead atoms. The number of hydrogen-bond donors (Lipinski definition) is 1. The monoisotopic (exact) mass is 246 g/mol. The van der Waals surface area contributed by atoms with Crippen LogP contribution in [0.5, 0.6) is 11.8 Å². The normalized spacial score (nSPS) is 11.5. The van der Waals surface area contributed by atoms with Crippen molar-refractivity contribution in [2.24, 2.45) is 5.73 Å². The molecular weight excluding hydrogens is 228 g/mol. The molecule has 0 saturated carbocycles. The third-order valence-corrected chi connectivity index (χ3v) is 2.32. The van der Waals surface area contributed by atoms with Gasteiger partial charge in [0.25, 0.3) is 0 Å². The van der Waals surface area contributed by atoms with E-state index >= 15 is 0 Å². The van der Waals surface area contributed by atoms with Crippen LogP contribution in [0.3, 0.4) is 0 Å². The van der Waals surface area contributed by atoms with Gasteiger partial charge in [-0.3, -0.25) is 0 Å². The largest absolute Gasteiger partial charge is 0.481 e. The predicted molar refractivity (Wildman–Crippen MR) is 66.6 cm³/mol. The van der Waals surface area contributed by atoms with Gasteiger partial charge in [0.2, 0.25) is 11.8 Å². The molecule has 0 aliphatic carbocycles. The highest BCUT2D eigenvalue weighted by Crippen LogP contribution is 2.21. The van der Waals surface area contributed by atoms with Crippen molar-refractivity contribution in [2.75, 3.05) is 14.2 Å². The summed E-state index contributed by atoms with van der Waals surface area (Å²) in [6.07, 6.45) is 1.71. The highest BCUT2D eigenvalue weighted by molar-refractivity contribution is 5.85. The Balaban J connectivity index is 0.00000225. The van der Waals surface area contributed by atoms with Gasteiger partial charge in [-0.05, 0) is 18.9 Å². The van der Waals surface area contributed by atoms with E-state index in [0.717, 1.165) is 18.4 Å². The molecule has 1 unspecified atom stereocenters. The first-order valence-corrected chi connectivity index (χ1v) is 5.04. The van der Waals surface area contributed by atoms with Gasteiger partial charge in [0, 0.05) is 17.7 Å². The molecule has 1 aromatic rings. The second kappa shape index (κ2) is 7.30.